The minimum absolute atomic E-state index is 0.118. The molecule has 1 unspecified atom stereocenters. The number of likely N-dealkylation sites (tertiary alicyclic amines) is 1. The molecule has 8 nitrogen and oxygen atoms in total. The van der Waals surface area contributed by atoms with Crippen LogP contribution in [0, 0.1) is 11.8 Å². The molecule has 2 saturated heterocycles. The number of nitrogens with zero attached hydrogens (tertiary/aromatic N) is 4. The number of carbonyl (C=O) groups excluding carboxylic acids is 3. The highest BCUT2D eigenvalue weighted by Gasteiger charge is 2.74. The molecule has 2 aromatic rings. The van der Waals surface area contributed by atoms with Gasteiger partial charge in [0.15, 0.2) is 0 Å². The number of aliphatic hydroxyl groups excluding tert-OH is 1. The lowest BCUT2D eigenvalue weighted by atomic mass is 9.74. The predicted octanol–water partition coefficient (Wildman–Crippen LogP) is 4.11. The lowest BCUT2D eigenvalue weighted by Crippen LogP contribution is -2.56. The Bertz CT molecular complexity index is 1460. The number of amides is 3. The average molecular weight is 601 g/mol. The second-order valence-corrected chi connectivity index (χ2v) is 13.8. The van der Waals surface area contributed by atoms with E-state index in [1.807, 2.05) is 79.7 Å². The van der Waals surface area contributed by atoms with Crippen LogP contribution >= 0.6 is 11.8 Å². The summed E-state index contributed by atoms with van der Waals surface area (Å²) in [4.78, 5) is 51.0. The van der Waals surface area contributed by atoms with Crippen LogP contribution in [0.15, 0.2) is 78.9 Å². The molecular formula is C34H40N4O4S. The van der Waals surface area contributed by atoms with E-state index in [9.17, 15) is 19.5 Å². The Kier molecular flexibility index (Phi) is 7.67. The zero-order chi connectivity index (χ0) is 30.5. The van der Waals surface area contributed by atoms with Crippen molar-refractivity contribution in [3.05, 3.63) is 78.9 Å². The molecule has 1 spiro atoms. The molecule has 4 aliphatic rings. The quantitative estimate of drug-likeness (QED) is 0.482. The van der Waals surface area contributed by atoms with Gasteiger partial charge in [0, 0.05) is 48.0 Å². The van der Waals surface area contributed by atoms with E-state index in [1.54, 1.807) is 33.4 Å². The van der Waals surface area contributed by atoms with E-state index >= 15 is 0 Å². The fraction of sp³-hybridized carbons (Fsp3) is 0.441. The lowest BCUT2D eigenvalue weighted by Gasteiger charge is -2.38. The van der Waals surface area contributed by atoms with Gasteiger partial charge < -0.3 is 24.7 Å². The summed E-state index contributed by atoms with van der Waals surface area (Å²) >= 11 is 1.56. The third-order valence-corrected chi connectivity index (χ3v) is 11.4. The van der Waals surface area contributed by atoms with Gasteiger partial charge in [-0.15, -0.1) is 11.8 Å². The Hall–Kier alpha value is -3.56. The number of carbonyl (C=O) groups is 3. The molecule has 4 aliphatic heterocycles. The number of fused-ring (bicyclic) bond motifs is 2. The Balaban J connectivity index is 1.43. The average Bonchev–Trinajstić information content (AvgIpc) is 3.29. The van der Waals surface area contributed by atoms with Crippen molar-refractivity contribution in [2.45, 2.75) is 49.3 Å². The zero-order valence-electron chi connectivity index (χ0n) is 25.2. The van der Waals surface area contributed by atoms with Crippen LogP contribution < -0.4 is 14.7 Å². The van der Waals surface area contributed by atoms with Gasteiger partial charge in [0.25, 0.3) is 5.91 Å². The third-order valence-electron chi connectivity index (χ3n) is 9.59. The molecule has 2 fully saturated rings. The molecule has 6 rings (SSSR count). The Labute approximate surface area is 258 Å². The van der Waals surface area contributed by atoms with Crippen LogP contribution in [-0.2, 0) is 14.4 Å². The fourth-order valence-corrected chi connectivity index (χ4v) is 9.67. The van der Waals surface area contributed by atoms with E-state index in [2.05, 4.69) is 24.8 Å². The van der Waals surface area contributed by atoms with Gasteiger partial charge in [-0.2, -0.15) is 0 Å². The van der Waals surface area contributed by atoms with E-state index in [0.717, 1.165) is 30.2 Å². The summed E-state index contributed by atoms with van der Waals surface area (Å²) in [5.41, 5.74) is 2.62. The van der Waals surface area contributed by atoms with E-state index in [0.29, 0.717) is 13.1 Å². The van der Waals surface area contributed by atoms with Crippen molar-refractivity contribution in [1.29, 1.82) is 0 Å². The lowest BCUT2D eigenvalue weighted by molar-refractivity contribution is -0.141. The van der Waals surface area contributed by atoms with Gasteiger partial charge >= 0.3 is 0 Å². The number of rotatable bonds is 7. The number of thioether (sulfide) groups is 1. The first kappa shape index (κ1) is 29.5. The highest BCUT2D eigenvalue weighted by atomic mass is 32.2. The highest BCUT2D eigenvalue weighted by molar-refractivity contribution is 8.02. The minimum Gasteiger partial charge on any atom is -0.394 e. The molecule has 1 N–H and O–H groups in total. The van der Waals surface area contributed by atoms with Crippen LogP contribution in [0.25, 0.3) is 0 Å². The summed E-state index contributed by atoms with van der Waals surface area (Å²) in [6, 6.07) is 16.1. The molecule has 43 heavy (non-hydrogen) atoms. The van der Waals surface area contributed by atoms with Crippen molar-refractivity contribution in [2.75, 3.05) is 47.5 Å². The van der Waals surface area contributed by atoms with Gasteiger partial charge in [0.1, 0.15) is 6.04 Å². The number of hydrogen-bond donors (Lipinski definition) is 1. The van der Waals surface area contributed by atoms with Gasteiger partial charge in [0.05, 0.1) is 29.2 Å². The van der Waals surface area contributed by atoms with Gasteiger partial charge in [-0.1, -0.05) is 42.5 Å². The molecule has 9 heteroatoms. The van der Waals surface area contributed by atoms with Crippen LogP contribution in [0.1, 0.15) is 27.7 Å². The maximum atomic E-state index is 14.7. The molecular weight excluding hydrogens is 560 g/mol. The maximum Gasteiger partial charge on any atom is 0.251 e. The summed E-state index contributed by atoms with van der Waals surface area (Å²) in [6.07, 6.45) is 8.07. The van der Waals surface area contributed by atoms with Crippen molar-refractivity contribution in [3.63, 3.8) is 0 Å². The first-order valence-corrected chi connectivity index (χ1v) is 16.0. The summed E-state index contributed by atoms with van der Waals surface area (Å²) in [7, 11) is 0. The number of benzene rings is 2. The van der Waals surface area contributed by atoms with Gasteiger partial charge in [-0.3, -0.25) is 14.4 Å². The van der Waals surface area contributed by atoms with Crippen LogP contribution in [-0.4, -0.2) is 82.1 Å². The largest absolute Gasteiger partial charge is 0.394 e. The topological polar surface area (TPSA) is 84.4 Å². The number of aliphatic hydroxyl groups is 1. The molecule has 3 amide bonds. The molecule has 6 atom stereocenters. The van der Waals surface area contributed by atoms with Gasteiger partial charge in [-0.05, 0) is 64.1 Å². The van der Waals surface area contributed by atoms with Crippen LogP contribution in [0.2, 0.25) is 0 Å². The van der Waals surface area contributed by atoms with Crippen molar-refractivity contribution >= 4 is 46.5 Å². The zero-order valence-corrected chi connectivity index (χ0v) is 26.0. The third kappa shape index (κ3) is 4.51. The van der Waals surface area contributed by atoms with Crippen molar-refractivity contribution in [2.24, 2.45) is 11.8 Å². The van der Waals surface area contributed by atoms with Crippen LogP contribution in [0.3, 0.4) is 0 Å². The highest BCUT2D eigenvalue weighted by Crippen LogP contribution is 2.66. The predicted molar refractivity (Wildman–Crippen MR) is 172 cm³/mol. The molecule has 0 aliphatic carbocycles. The molecule has 4 heterocycles. The fourth-order valence-electron chi connectivity index (χ4n) is 7.53. The molecule has 0 aromatic heterocycles. The maximum absolute atomic E-state index is 14.7. The second kappa shape index (κ2) is 11.2. The molecule has 226 valence electrons. The monoisotopic (exact) mass is 600 g/mol. The molecule has 0 bridgehead atoms. The summed E-state index contributed by atoms with van der Waals surface area (Å²) in [5.74, 6) is -2.00. The standard InChI is InChI=1S/C34H40N4O4S/c1-5-35(6-2)24-14-16-26(17-15-24)37-21-11-19-34-28(31(41)38(23(3)22-39)29(34)32(37)42)27-30(40)36(25-12-8-7-9-13-25)20-10-18-33(27,4)43-34/h7-19,23,27-29,39H,5-6,20-22H2,1-4H3/t23-,27-,28+,29?,33+,34+/m1/s1. The Morgan fingerprint density at radius 3 is 2.09 bits per heavy atom. The number of anilines is 3. The van der Waals surface area contributed by atoms with Crippen LogP contribution in [0.4, 0.5) is 17.1 Å². The van der Waals surface area contributed by atoms with E-state index in [4.69, 9.17) is 0 Å². The van der Waals surface area contributed by atoms with Crippen molar-refractivity contribution in [3.8, 4) is 0 Å². The van der Waals surface area contributed by atoms with E-state index in [-0.39, 0.29) is 24.3 Å². The second-order valence-electron chi connectivity index (χ2n) is 12.0. The smallest absolute Gasteiger partial charge is 0.251 e. The van der Waals surface area contributed by atoms with Crippen molar-refractivity contribution < 1.29 is 19.5 Å². The first-order valence-electron chi connectivity index (χ1n) is 15.2. The van der Waals surface area contributed by atoms with E-state index < -0.39 is 33.4 Å². The minimum atomic E-state index is -0.966. The van der Waals surface area contributed by atoms with Crippen LogP contribution in [0.5, 0.6) is 0 Å². The Morgan fingerprint density at radius 2 is 1.47 bits per heavy atom. The summed E-state index contributed by atoms with van der Waals surface area (Å²) < 4.78 is -1.66. The van der Waals surface area contributed by atoms with Crippen molar-refractivity contribution in [1.82, 2.24) is 4.90 Å². The first-order chi connectivity index (χ1) is 20.7. The Morgan fingerprint density at radius 1 is 0.860 bits per heavy atom. The molecule has 0 saturated carbocycles. The molecule has 2 aromatic carbocycles. The SMILES string of the molecule is CCN(CC)c1ccc(N2CC=C[C@]34S[C@@]5(C)C=CCN(c6ccccc6)C(=O)[C@H]5[C@H]3C(=O)N([C@H](C)CO)C4C2=O)cc1. The van der Waals surface area contributed by atoms with E-state index in [1.165, 1.54) is 0 Å². The summed E-state index contributed by atoms with van der Waals surface area (Å²) in [5, 5.41) is 10.3. The molecule has 0 radical (unpaired) electrons. The normalized spacial score (nSPS) is 30.6. The summed E-state index contributed by atoms with van der Waals surface area (Å²) in [6.45, 7) is 10.3. The number of para-hydroxylation sites is 1. The number of hydrogen-bond acceptors (Lipinski definition) is 6. The van der Waals surface area contributed by atoms with Gasteiger partial charge in [0.2, 0.25) is 11.8 Å². The van der Waals surface area contributed by atoms with Gasteiger partial charge in [-0.25, -0.2) is 0 Å².